The van der Waals surface area contributed by atoms with E-state index in [0.717, 1.165) is 0 Å². The number of ether oxygens (including phenoxy) is 6. The number of hydrogen-bond donors (Lipinski definition) is 6. The van der Waals surface area contributed by atoms with Crippen molar-refractivity contribution < 1.29 is 86.6 Å². The summed E-state index contributed by atoms with van der Waals surface area (Å²) in [7, 11) is 6.22. The Labute approximate surface area is 625 Å². The summed E-state index contributed by atoms with van der Waals surface area (Å²) in [4.78, 5) is 150. The molecule has 26 nitrogen and oxygen atoms in total. The first-order chi connectivity index (χ1) is 49.4. The molecule has 4 aromatic carbocycles. The molecule has 1 fully saturated rings. The Hall–Kier alpha value is -9.30. The Morgan fingerprint density at radius 1 is 0.434 bits per heavy atom. The van der Waals surface area contributed by atoms with Crippen LogP contribution in [0.25, 0.3) is 0 Å². The van der Waals surface area contributed by atoms with Crippen LogP contribution < -0.4 is 21.3 Å². The number of phenolic OH excluding ortho intramolecular Hbond substituents is 2. The largest absolute Gasteiger partial charge is 0.508 e. The number of rotatable bonds is 22. The van der Waals surface area contributed by atoms with Crippen LogP contribution in [0.4, 0.5) is 21.0 Å². The van der Waals surface area contributed by atoms with Gasteiger partial charge in [-0.3, -0.25) is 38.6 Å². The van der Waals surface area contributed by atoms with Crippen LogP contribution in [0.3, 0.4) is 0 Å². The van der Waals surface area contributed by atoms with Crippen molar-refractivity contribution in [3.05, 3.63) is 119 Å². The van der Waals surface area contributed by atoms with Gasteiger partial charge in [0.15, 0.2) is 12.2 Å². The molecule has 10 atom stereocenters. The van der Waals surface area contributed by atoms with Crippen molar-refractivity contribution in [3.8, 4) is 11.5 Å². The highest BCUT2D eigenvalue weighted by Gasteiger charge is 2.42. The number of likely N-dealkylation sites (N-methyl/N-ethyl adjacent to an activating group) is 4. The maximum atomic E-state index is 15.3. The number of benzene rings is 4. The minimum absolute atomic E-state index is 0.0234. The summed E-state index contributed by atoms with van der Waals surface area (Å²) in [5.41, 5.74) is 1.18. The Kier molecular flexibility index (Phi) is 32.9. The number of cyclic esters (lactones) is 4. The van der Waals surface area contributed by atoms with Gasteiger partial charge in [-0.1, -0.05) is 104 Å². The summed E-state index contributed by atoms with van der Waals surface area (Å²) >= 11 is 0. The van der Waals surface area contributed by atoms with Crippen LogP contribution in [0.15, 0.2) is 97.1 Å². The second-order valence-corrected chi connectivity index (χ2v) is 31.6. The van der Waals surface area contributed by atoms with Crippen LogP contribution in [0, 0.1) is 23.7 Å². The maximum Gasteiger partial charge on any atom is 0.408 e. The molecular formula is C80H116N8O18. The summed E-state index contributed by atoms with van der Waals surface area (Å²) in [6.07, 6.45) is -6.15. The minimum Gasteiger partial charge on any atom is -0.508 e. The Bertz CT molecular complexity index is 3340. The van der Waals surface area contributed by atoms with Gasteiger partial charge in [-0.15, -0.1) is 0 Å². The summed E-state index contributed by atoms with van der Waals surface area (Å²) < 4.78 is 36.1. The third kappa shape index (κ3) is 29.2. The Morgan fingerprint density at radius 3 is 0.991 bits per heavy atom. The van der Waals surface area contributed by atoms with Gasteiger partial charge in [-0.05, 0) is 190 Å². The molecule has 1 heterocycles. The average Bonchev–Trinajstić information content (AvgIpc) is 0.808. The Balaban J connectivity index is 1.52. The highest BCUT2D eigenvalue weighted by atomic mass is 16.6. The van der Waals surface area contributed by atoms with E-state index < -0.39 is 132 Å². The molecule has 106 heavy (non-hydrogen) atoms. The lowest BCUT2D eigenvalue weighted by molar-refractivity contribution is -0.171. The molecule has 6 amide bonds. The van der Waals surface area contributed by atoms with Crippen molar-refractivity contribution in [2.45, 2.75) is 234 Å². The predicted molar refractivity (Wildman–Crippen MR) is 402 cm³/mol. The van der Waals surface area contributed by atoms with Crippen molar-refractivity contribution >= 4 is 71.1 Å². The van der Waals surface area contributed by atoms with Gasteiger partial charge < -0.3 is 69.7 Å². The molecule has 26 heteroatoms. The summed E-state index contributed by atoms with van der Waals surface area (Å²) in [5, 5.41) is 30.8. The standard InChI is InChI=1S/C80H116N8O18/c1-47(2)37-63-73(95)103-67(43-55-21-29-57(30-22-55)81-69(91)61(83-77(99)105-79(11,12)13)41-53-25-33-59(89)34-26-53)71(93)87(19)66(40-50(7)8)76(98)102-52(10)46-86(18)64(38-48(3)4)74(96)104-68(72(94)88(20)65(39-49(5)6)75(97)101-51(9)45-85(63)17)44-56-23-31-58(32-24-56)82-70(92)62(84-78(100)106-80(14,15)16)42-54-27-35-60(90)36-28-54/h21-36,47-52,61-68,89-90H,37-46H2,1-20H3,(H,81,91)(H,82,92)(H,83,99)(H,84,100). The van der Waals surface area contributed by atoms with E-state index in [1.807, 2.05) is 55.4 Å². The van der Waals surface area contributed by atoms with Gasteiger partial charge >= 0.3 is 36.1 Å². The molecule has 4 aromatic rings. The van der Waals surface area contributed by atoms with Gasteiger partial charge in [0, 0.05) is 64.2 Å². The molecule has 0 aliphatic carbocycles. The molecular weight excluding hydrogens is 1360 g/mol. The lowest BCUT2D eigenvalue weighted by Crippen LogP contribution is -2.53. The maximum absolute atomic E-state index is 15.3. The fourth-order valence-corrected chi connectivity index (χ4v) is 12.2. The number of aromatic hydroxyl groups is 2. The highest BCUT2D eigenvalue weighted by Crippen LogP contribution is 2.27. The second-order valence-electron chi connectivity index (χ2n) is 31.6. The van der Waals surface area contributed by atoms with E-state index in [4.69, 9.17) is 28.4 Å². The monoisotopic (exact) mass is 1480 g/mol. The molecule has 5 rings (SSSR count). The number of carbonyl (C=O) groups excluding carboxylic acids is 10. The zero-order chi connectivity index (χ0) is 79.2. The van der Waals surface area contributed by atoms with Gasteiger partial charge in [0.25, 0.3) is 11.8 Å². The van der Waals surface area contributed by atoms with Crippen LogP contribution in [0.1, 0.15) is 159 Å². The number of nitrogens with one attached hydrogen (secondary N) is 4. The lowest BCUT2D eigenvalue weighted by Gasteiger charge is -2.35. The molecule has 0 aromatic heterocycles. The topological polar surface area (TPSA) is 328 Å². The van der Waals surface area contributed by atoms with Crippen molar-refractivity contribution in [2.24, 2.45) is 23.7 Å². The SMILES string of the molecule is CC(C)CC1C(=O)OC(Cc2ccc(NC(=O)C(Cc3ccc(O)cc3)NC(=O)OC(C)(C)C)cc2)C(=O)N(C)C(CC(C)C)C(=O)OC(C)CN(C)C(CC(C)C)C(=O)OC(Cc2ccc(NC(=O)C(Cc3ccc(O)cc3)NC(=O)OC(C)(C)C)cc2)C(=O)N(C)C(CC(C)C)C(=O)OC(C)CN1C. The third-order valence-corrected chi connectivity index (χ3v) is 17.4. The molecule has 1 aliphatic heterocycles. The molecule has 0 saturated carbocycles. The van der Waals surface area contributed by atoms with Crippen LogP contribution >= 0.6 is 0 Å². The van der Waals surface area contributed by atoms with Crippen LogP contribution in [0.2, 0.25) is 0 Å². The second kappa shape index (κ2) is 39.9. The Morgan fingerprint density at radius 2 is 0.708 bits per heavy atom. The molecule has 10 unspecified atom stereocenters. The van der Waals surface area contributed by atoms with Gasteiger partial charge in [0.2, 0.25) is 11.8 Å². The predicted octanol–water partition coefficient (Wildman–Crippen LogP) is 10.2. The van der Waals surface area contributed by atoms with Gasteiger partial charge in [-0.2, -0.15) is 0 Å². The van der Waals surface area contributed by atoms with E-state index >= 15 is 19.2 Å². The molecule has 1 aliphatic rings. The lowest BCUT2D eigenvalue weighted by atomic mass is 10.00. The molecule has 0 spiro atoms. The number of carbonyl (C=O) groups is 10. The molecule has 0 radical (unpaired) electrons. The molecule has 1 saturated heterocycles. The fraction of sp³-hybridized carbons (Fsp3) is 0.575. The van der Waals surface area contributed by atoms with Crippen molar-refractivity contribution in [3.63, 3.8) is 0 Å². The van der Waals surface area contributed by atoms with Crippen LogP contribution in [-0.4, -0.2) is 203 Å². The number of nitrogens with zero attached hydrogens (tertiary/aromatic N) is 4. The van der Waals surface area contributed by atoms with Crippen molar-refractivity contribution in [2.75, 3.05) is 51.9 Å². The quantitative estimate of drug-likeness (QED) is 0.0315. The number of anilines is 2. The fourth-order valence-electron chi connectivity index (χ4n) is 12.2. The van der Waals surface area contributed by atoms with Crippen LogP contribution in [0.5, 0.6) is 11.5 Å². The number of alkyl carbamates (subject to hydrolysis) is 2. The first-order valence-electron chi connectivity index (χ1n) is 36.5. The van der Waals surface area contributed by atoms with E-state index in [1.54, 1.807) is 152 Å². The van der Waals surface area contributed by atoms with Crippen molar-refractivity contribution in [1.29, 1.82) is 0 Å². The summed E-state index contributed by atoms with van der Waals surface area (Å²) in [5.74, 6) is -6.21. The summed E-state index contributed by atoms with van der Waals surface area (Å²) in [6.45, 7) is 28.6. The number of phenols is 2. The smallest absolute Gasteiger partial charge is 0.408 e. The molecule has 584 valence electrons. The summed E-state index contributed by atoms with van der Waals surface area (Å²) in [6, 6.07) is 18.6. The van der Waals surface area contributed by atoms with E-state index in [0.29, 0.717) is 33.6 Å². The zero-order valence-electron chi connectivity index (χ0n) is 65.6. The van der Waals surface area contributed by atoms with E-state index in [1.165, 1.54) is 48.2 Å². The first-order valence-corrected chi connectivity index (χ1v) is 36.5. The van der Waals surface area contributed by atoms with E-state index in [-0.39, 0.29) is 99.6 Å². The average molecular weight is 1480 g/mol. The molecule has 0 bridgehead atoms. The molecule has 6 N–H and O–H groups in total. The first kappa shape index (κ1) is 87.3. The zero-order valence-corrected chi connectivity index (χ0v) is 65.6. The van der Waals surface area contributed by atoms with Gasteiger partial charge in [0.1, 0.15) is 71.2 Å². The van der Waals surface area contributed by atoms with Gasteiger partial charge in [0.05, 0.1) is 0 Å². The van der Waals surface area contributed by atoms with E-state index in [2.05, 4.69) is 21.3 Å². The van der Waals surface area contributed by atoms with Gasteiger partial charge in [-0.25, -0.2) is 19.2 Å². The number of amides is 6. The van der Waals surface area contributed by atoms with E-state index in [9.17, 15) is 39.0 Å². The number of hydrogen-bond acceptors (Lipinski definition) is 20. The normalized spacial score (nSPS) is 21.3. The van der Waals surface area contributed by atoms with Crippen LogP contribution in [-0.2, 0) is 92.5 Å². The third-order valence-electron chi connectivity index (χ3n) is 17.4. The highest BCUT2D eigenvalue weighted by molar-refractivity contribution is 5.98. The minimum atomic E-state index is -1.54. The number of esters is 4. The van der Waals surface area contributed by atoms with Crippen molar-refractivity contribution in [1.82, 2.24) is 30.2 Å².